The third kappa shape index (κ3) is 8.55. The minimum Gasteiger partial charge on any atom is -0.482 e. The summed E-state index contributed by atoms with van der Waals surface area (Å²) in [6.45, 7) is 5.82. The molecule has 3 atom stereocenters. The van der Waals surface area contributed by atoms with E-state index in [0.29, 0.717) is 24.4 Å². The maximum atomic E-state index is 13.0. The van der Waals surface area contributed by atoms with Gasteiger partial charge in [0.1, 0.15) is 18.0 Å². The molecule has 0 aliphatic heterocycles. The molecule has 0 fully saturated rings. The van der Waals surface area contributed by atoms with Crippen LogP contribution in [0.25, 0.3) is 0 Å². The van der Waals surface area contributed by atoms with E-state index in [1.807, 2.05) is 26.0 Å². The van der Waals surface area contributed by atoms with Crippen molar-refractivity contribution in [3.63, 3.8) is 0 Å². The Labute approximate surface area is 220 Å². The normalized spacial score (nSPS) is 19.7. The Morgan fingerprint density at radius 1 is 1.26 bits per heavy atom. The van der Waals surface area contributed by atoms with Gasteiger partial charge in [-0.05, 0) is 61.1 Å². The summed E-state index contributed by atoms with van der Waals surface area (Å²) < 4.78 is 12.5. The Bertz CT molecular complexity index is 906. The molecule has 1 aromatic rings. The van der Waals surface area contributed by atoms with E-state index < -0.39 is 35.8 Å². The van der Waals surface area contributed by atoms with Crippen LogP contribution in [0.4, 0.5) is 0 Å². The number of hydrogen-bond acceptors (Lipinski definition) is 7. The molecule has 3 N–H and O–H groups in total. The maximum Gasteiger partial charge on any atom is 0.290 e. The fourth-order valence-corrected chi connectivity index (χ4v) is 4.26. The number of aliphatic hydroxyl groups is 2. The van der Waals surface area contributed by atoms with Crippen molar-refractivity contribution < 1.29 is 34.1 Å². The largest absolute Gasteiger partial charge is 0.482 e. The van der Waals surface area contributed by atoms with Crippen molar-refractivity contribution in [1.82, 2.24) is 10.2 Å². The molecular weight excluding hydrogens is 567 g/mol. The molecule has 2 amide bonds. The SMILES string of the molecule is CCC(=O)C(=O)N(CCCOC(C)C)C1CC(C(=O)NCCO)=CC(Oc2ccccc2I)C1O. The van der Waals surface area contributed by atoms with Gasteiger partial charge in [0.05, 0.1) is 22.3 Å². The number of carbonyl (C=O) groups is 3. The quantitative estimate of drug-likeness (QED) is 0.179. The number of nitrogens with one attached hydrogen (secondary N) is 1. The number of benzene rings is 1. The van der Waals surface area contributed by atoms with Crippen molar-refractivity contribution in [2.75, 3.05) is 26.3 Å². The van der Waals surface area contributed by atoms with Crippen molar-refractivity contribution in [3.8, 4) is 5.75 Å². The van der Waals surface area contributed by atoms with Crippen LogP contribution >= 0.6 is 22.6 Å². The summed E-state index contributed by atoms with van der Waals surface area (Å²) in [5.41, 5.74) is 0.310. The van der Waals surface area contributed by atoms with Gasteiger partial charge in [0, 0.05) is 38.1 Å². The molecule has 0 bridgehead atoms. The number of Topliss-reactive ketones (excluding diaryl/α,β-unsaturated/α-hetero) is 1. The zero-order valence-electron chi connectivity index (χ0n) is 20.4. The van der Waals surface area contributed by atoms with Crippen molar-refractivity contribution in [2.24, 2.45) is 0 Å². The van der Waals surface area contributed by atoms with Gasteiger partial charge in [0.2, 0.25) is 11.7 Å². The highest BCUT2D eigenvalue weighted by Gasteiger charge is 2.41. The number of halogens is 1. The first-order valence-electron chi connectivity index (χ1n) is 11.8. The van der Waals surface area contributed by atoms with Crippen molar-refractivity contribution >= 4 is 40.2 Å². The van der Waals surface area contributed by atoms with Crippen LogP contribution in [0.5, 0.6) is 5.75 Å². The Kier molecular flexibility index (Phi) is 12.1. The number of ketones is 1. The second kappa shape index (κ2) is 14.5. The van der Waals surface area contributed by atoms with E-state index in [9.17, 15) is 19.5 Å². The number of aliphatic hydroxyl groups excluding tert-OH is 2. The van der Waals surface area contributed by atoms with Gasteiger partial charge in [0.25, 0.3) is 5.91 Å². The molecule has 0 heterocycles. The topological polar surface area (TPSA) is 125 Å². The summed E-state index contributed by atoms with van der Waals surface area (Å²) in [5, 5.41) is 23.0. The van der Waals surface area contributed by atoms with E-state index in [2.05, 4.69) is 27.9 Å². The molecular formula is C25H35IN2O7. The smallest absolute Gasteiger partial charge is 0.290 e. The lowest BCUT2D eigenvalue weighted by Crippen LogP contribution is -2.56. The van der Waals surface area contributed by atoms with Crippen LogP contribution in [0.2, 0.25) is 0 Å². The highest BCUT2D eigenvalue weighted by molar-refractivity contribution is 14.1. The number of carbonyl (C=O) groups excluding carboxylic acids is 3. The minimum absolute atomic E-state index is 0.0209. The van der Waals surface area contributed by atoms with Crippen molar-refractivity contribution in [1.29, 1.82) is 0 Å². The number of hydrogen-bond donors (Lipinski definition) is 3. The van der Waals surface area contributed by atoms with Crippen LogP contribution in [-0.4, -0.2) is 83.4 Å². The Morgan fingerprint density at radius 2 is 1.97 bits per heavy atom. The van der Waals surface area contributed by atoms with Gasteiger partial charge < -0.3 is 29.9 Å². The molecule has 35 heavy (non-hydrogen) atoms. The van der Waals surface area contributed by atoms with Crippen LogP contribution in [0, 0.1) is 3.57 Å². The molecule has 1 aromatic carbocycles. The highest BCUT2D eigenvalue weighted by Crippen LogP contribution is 2.30. The number of para-hydroxylation sites is 1. The van der Waals surface area contributed by atoms with Gasteiger partial charge >= 0.3 is 0 Å². The first-order valence-corrected chi connectivity index (χ1v) is 12.9. The third-order valence-electron chi connectivity index (χ3n) is 5.53. The fourth-order valence-electron chi connectivity index (χ4n) is 3.75. The molecule has 1 aliphatic carbocycles. The molecule has 3 unspecified atom stereocenters. The minimum atomic E-state index is -1.18. The van der Waals surface area contributed by atoms with Crippen LogP contribution < -0.4 is 10.1 Å². The van der Waals surface area contributed by atoms with Gasteiger partial charge in [-0.25, -0.2) is 0 Å². The van der Waals surface area contributed by atoms with E-state index in [0.717, 1.165) is 3.57 Å². The highest BCUT2D eigenvalue weighted by atomic mass is 127. The fraction of sp³-hybridized carbons (Fsp3) is 0.560. The number of ether oxygens (including phenoxy) is 2. The second-order valence-electron chi connectivity index (χ2n) is 8.49. The van der Waals surface area contributed by atoms with Crippen LogP contribution in [0.3, 0.4) is 0 Å². The zero-order chi connectivity index (χ0) is 26.0. The molecule has 2 rings (SSSR count). The average molecular weight is 602 g/mol. The average Bonchev–Trinajstić information content (AvgIpc) is 2.84. The number of nitrogens with zero attached hydrogens (tertiary/aromatic N) is 1. The second-order valence-corrected chi connectivity index (χ2v) is 9.66. The van der Waals surface area contributed by atoms with E-state index in [4.69, 9.17) is 14.6 Å². The maximum absolute atomic E-state index is 13.0. The monoisotopic (exact) mass is 602 g/mol. The standard InChI is InChI=1S/C25H35IN2O7/c1-4-20(30)25(33)28(11-7-13-34-16(2)3)19-14-17(24(32)27-10-12-29)15-22(23(19)31)35-21-9-6-5-8-18(21)26/h5-6,8-9,15-16,19,22-23,29,31H,4,7,10-14H2,1-3H3,(H,27,32). The molecule has 0 spiro atoms. The Hall–Kier alpha value is -2.02. The molecule has 0 radical (unpaired) electrons. The molecule has 0 saturated heterocycles. The van der Waals surface area contributed by atoms with Gasteiger partial charge in [0.15, 0.2) is 0 Å². The van der Waals surface area contributed by atoms with Crippen molar-refractivity contribution in [2.45, 2.75) is 64.4 Å². The van der Waals surface area contributed by atoms with Crippen LogP contribution in [-0.2, 0) is 19.1 Å². The summed E-state index contributed by atoms with van der Waals surface area (Å²) in [7, 11) is 0. The molecule has 194 valence electrons. The third-order valence-corrected chi connectivity index (χ3v) is 6.42. The summed E-state index contributed by atoms with van der Waals surface area (Å²) in [4.78, 5) is 39.5. The Balaban J connectivity index is 2.37. The lowest BCUT2D eigenvalue weighted by molar-refractivity contribution is -0.149. The van der Waals surface area contributed by atoms with E-state index in [1.165, 1.54) is 4.90 Å². The summed E-state index contributed by atoms with van der Waals surface area (Å²) in [5.74, 6) is -1.18. The van der Waals surface area contributed by atoms with E-state index >= 15 is 0 Å². The van der Waals surface area contributed by atoms with Gasteiger partial charge in [-0.15, -0.1) is 0 Å². The lowest BCUT2D eigenvalue weighted by atomic mass is 9.87. The first-order chi connectivity index (χ1) is 16.7. The van der Waals surface area contributed by atoms with Crippen LogP contribution in [0.1, 0.15) is 40.0 Å². The molecule has 0 aromatic heterocycles. The molecule has 10 heteroatoms. The Morgan fingerprint density at radius 3 is 2.60 bits per heavy atom. The van der Waals surface area contributed by atoms with Crippen molar-refractivity contribution in [3.05, 3.63) is 39.5 Å². The van der Waals surface area contributed by atoms with E-state index in [1.54, 1.807) is 25.1 Å². The number of rotatable bonds is 13. The predicted octanol–water partition coefficient (Wildman–Crippen LogP) is 1.83. The van der Waals surface area contributed by atoms with Gasteiger partial charge in [-0.1, -0.05) is 19.1 Å². The number of amides is 2. The zero-order valence-corrected chi connectivity index (χ0v) is 22.6. The summed E-state index contributed by atoms with van der Waals surface area (Å²) >= 11 is 2.11. The molecule has 9 nitrogen and oxygen atoms in total. The summed E-state index contributed by atoms with van der Waals surface area (Å²) in [6.07, 6.45) is -0.0167. The lowest BCUT2D eigenvalue weighted by Gasteiger charge is -2.40. The van der Waals surface area contributed by atoms with Gasteiger partial charge in [-0.2, -0.15) is 0 Å². The summed E-state index contributed by atoms with van der Waals surface area (Å²) in [6, 6.07) is 6.40. The molecule has 0 saturated carbocycles. The van der Waals surface area contributed by atoms with Crippen LogP contribution in [0.15, 0.2) is 35.9 Å². The molecule has 1 aliphatic rings. The predicted molar refractivity (Wildman–Crippen MR) is 139 cm³/mol. The first kappa shape index (κ1) is 29.2. The van der Waals surface area contributed by atoms with E-state index in [-0.39, 0.29) is 38.6 Å². The van der Waals surface area contributed by atoms with Gasteiger partial charge in [-0.3, -0.25) is 14.4 Å².